The zero-order valence-electron chi connectivity index (χ0n) is 22.2. The number of hydrogen-bond donors (Lipinski definition) is 0. The summed E-state index contributed by atoms with van der Waals surface area (Å²) in [6.07, 6.45) is 11.2. The molecule has 1 aliphatic heterocycles. The molecule has 202 valence electrons. The van der Waals surface area contributed by atoms with Crippen molar-refractivity contribution in [2.75, 3.05) is 6.61 Å². The van der Waals surface area contributed by atoms with E-state index in [1.54, 1.807) is 48.5 Å². The summed E-state index contributed by atoms with van der Waals surface area (Å²) in [4.78, 5) is 0. The molecule has 0 N–H and O–H groups in total. The highest BCUT2D eigenvalue weighted by molar-refractivity contribution is 5.71. The highest BCUT2D eigenvalue weighted by Crippen LogP contribution is 2.36. The number of rotatable bonds is 10. The first-order valence-corrected chi connectivity index (χ1v) is 13.8. The van der Waals surface area contributed by atoms with Crippen LogP contribution in [0.1, 0.15) is 75.8 Å². The maximum Gasteiger partial charge on any atom is 0.166 e. The fraction of sp³-hybridized carbons (Fsp3) is 0.394. The predicted molar refractivity (Wildman–Crippen MR) is 146 cm³/mol. The topological polar surface area (TPSA) is 9.23 Å². The van der Waals surface area contributed by atoms with Crippen molar-refractivity contribution in [2.24, 2.45) is 0 Å². The van der Waals surface area contributed by atoms with Crippen molar-refractivity contribution in [3.63, 3.8) is 0 Å². The molecule has 1 nitrogen and oxygen atoms in total. The van der Waals surface area contributed by atoms with Gasteiger partial charge in [0.05, 0.1) is 12.7 Å². The SMILES string of the molecule is CCC=CCc1ccc(-c2ccc(-c3ccc(C4CCC(CCCCC)OC4)c(F)c3F)cc2)c(F)c1F. The highest BCUT2D eigenvalue weighted by Gasteiger charge is 2.27. The fourth-order valence-electron chi connectivity index (χ4n) is 5.18. The van der Waals surface area contributed by atoms with Crippen LogP contribution >= 0.6 is 0 Å². The zero-order valence-corrected chi connectivity index (χ0v) is 22.2. The van der Waals surface area contributed by atoms with Gasteiger partial charge in [-0.15, -0.1) is 0 Å². The number of hydrogen-bond acceptors (Lipinski definition) is 1. The molecular formula is C33H36F4O. The van der Waals surface area contributed by atoms with Crippen molar-refractivity contribution >= 4 is 0 Å². The van der Waals surface area contributed by atoms with Crippen molar-refractivity contribution in [1.29, 1.82) is 0 Å². The average molecular weight is 525 g/mol. The van der Waals surface area contributed by atoms with Crippen molar-refractivity contribution in [1.82, 2.24) is 0 Å². The Morgan fingerprint density at radius 1 is 0.737 bits per heavy atom. The minimum absolute atomic E-state index is 0.129. The molecule has 0 saturated carbocycles. The van der Waals surface area contributed by atoms with Gasteiger partial charge in [0.25, 0.3) is 0 Å². The highest BCUT2D eigenvalue weighted by atomic mass is 19.2. The molecule has 3 aromatic carbocycles. The van der Waals surface area contributed by atoms with Crippen LogP contribution in [-0.2, 0) is 11.2 Å². The van der Waals surface area contributed by atoms with Crippen LogP contribution in [0, 0.1) is 23.3 Å². The number of unbranched alkanes of at least 4 members (excludes halogenated alkanes) is 2. The number of benzene rings is 3. The van der Waals surface area contributed by atoms with Gasteiger partial charge in [-0.2, -0.15) is 0 Å². The van der Waals surface area contributed by atoms with Crippen molar-refractivity contribution < 1.29 is 22.3 Å². The van der Waals surface area contributed by atoms with Crippen molar-refractivity contribution in [3.05, 3.63) is 95.1 Å². The van der Waals surface area contributed by atoms with Gasteiger partial charge in [0.1, 0.15) is 0 Å². The largest absolute Gasteiger partial charge is 0.378 e. The van der Waals surface area contributed by atoms with Gasteiger partial charge in [-0.25, -0.2) is 17.6 Å². The molecule has 1 fully saturated rings. The average Bonchev–Trinajstić information content (AvgIpc) is 2.94. The maximum atomic E-state index is 15.2. The van der Waals surface area contributed by atoms with Crippen molar-refractivity contribution in [2.45, 2.75) is 77.2 Å². The number of ether oxygens (including phenoxy) is 1. The van der Waals surface area contributed by atoms with Gasteiger partial charge in [0, 0.05) is 17.0 Å². The third kappa shape index (κ3) is 6.37. The van der Waals surface area contributed by atoms with Gasteiger partial charge in [-0.3, -0.25) is 0 Å². The van der Waals surface area contributed by atoms with Crippen LogP contribution in [0.2, 0.25) is 0 Å². The first kappa shape index (κ1) is 28.1. The van der Waals surface area contributed by atoms with Crippen LogP contribution in [0.4, 0.5) is 17.6 Å². The molecule has 3 aromatic rings. The van der Waals surface area contributed by atoms with E-state index in [4.69, 9.17) is 4.74 Å². The Morgan fingerprint density at radius 2 is 1.39 bits per heavy atom. The van der Waals surface area contributed by atoms with E-state index in [0.717, 1.165) is 38.5 Å². The summed E-state index contributed by atoms with van der Waals surface area (Å²) in [7, 11) is 0. The van der Waals surface area contributed by atoms with Crippen LogP contribution in [0.15, 0.2) is 60.7 Å². The van der Waals surface area contributed by atoms with Crippen molar-refractivity contribution in [3.8, 4) is 22.3 Å². The van der Waals surface area contributed by atoms with E-state index in [9.17, 15) is 8.78 Å². The summed E-state index contributed by atoms with van der Waals surface area (Å²) in [5, 5.41) is 0. The number of halogens is 4. The van der Waals surface area contributed by atoms with E-state index in [2.05, 4.69) is 6.92 Å². The summed E-state index contributed by atoms with van der Waals surface area (Å²) in [5.41, 5.74) is 1.84. The lowest BCUT2D eigenvalue weighted by molar-refractivity contribution is -0.00277. The molecule has 2 unspecified atom stereocenters. The molecule has 0 aromatic heterocycles. The molecule has 0 spiro atoms. The standard InChI is InChI=1S/C33H36F4O/c1-3-5-7-9-24-16-18-27(31(35)30(24)34)22-11-13-23(14-12-22)28-19-20-29(33(37)32(28)36)25-15-17-26(38-21-25)10-8-6-4-2/h5,7,11-14,16,18-20,25-26H,3-4,6,8-10,15,17,21H2,1-2H3. The van der Waals surface area contributed by atoms with Gasteiger partial charge < -0.3 is 4.74 Å². The second-order valence-electron chi connectivity index (χ2n) is 10.1. The van der Waals surface area contributed by atoms with E-state index in [1.165, 1.54) is 6.42 Å². The molecule has 1 aliphatic rings. The van der Waals surface area contributed by atoms with E-state index < -0.39 is 23.3 Å². The van der Waals surface area contributed by atoms with Crippen LogP contribution < -0.4 is 0 Å². The van der Waals surface area contributed by atoms with E-state index in [0.29, 0.717) is 35.3 Å². The Bertz CT molecular complexity index is 1240. The first-order chi connectivity index (χ1) is 18.4. The van der Waals surface area contributed by atoms with E-state index >= 15 is 8.78 Å². The minimum atomic E-state index is -0.913. The lowest BCUT2D eigenvalue weighted by atomic mass is 9.88. The molecule has 5 heteroatoms. The Hall–Kier alpha value is -2.92. The lowest BCUT2D eigenvalue weighted by Crippen LogP contribution is -2.25. The van der Waals surface area contributed by atoms with E-state index in [1.807, 2.05) is 19.1 Å². The van der Waals surface area contributed by atoms with Crippen LogP contribution in [0.3, 0.4) is 0 Å². The van der Waals surface area contributed by atoms with Gasteiger partial charge in [-0.1, -0.05) is 93.8 Å². The van der Waals surface area contributed by atoms with Gasteiger partial charge in [-0.05, 0) is 54.4 Å². The fourth-order valence-corrected chi connectivity index (χ4v) is 5.18. The van der Waals surface area contributed by atoms with E-state index in [-0.39, 0.29) is 23.1 Å². The molecule has 0 aliphatic carbocycles. The van der Waals surface area contributed by atoms with Gasteiger partial charge >= 0.3 is 0 Å². The summed E-state index contributed by atoms with van der Waals surface area (Å²) >= 11 is 0. The Kier molecular flexibility index (Phi) is 9.79. The Balaban J connectivity index is 1.48. The minimum Gasteiger partial charge on any atom is -0.378 e. The molecule has 4 rings (SSSR count). The third-order valence-corrected chi connectivity index (χ3v) is 7.46. The van der Waals surface area contributed by atoms with Gasteiger partial charge in [0.15, 0.2) is 23.3 Å². The van der Waals surface area contributed by atoms with Crippen LogP contribution in [0.5, 0.6) is 0 Å². The summed E-state index contributed by atoms with van der Waals surface area (Å²) in [5.74, 6) is -3.69. The monoisotopic (exact) mass is 524 g/mol. The number of allylic oxidation sites excluding steroid dienone is 2. The second kappa shape index (κ2) is 13.2. The maximum absolute atomic E-state index is 15.2. The first-order valence-electron chi connectivity index (χ1n) is 13.8. The molecule has 2 atom stereocenters. The molecule has 1 saturated heterocycles. The zero-order chi connectivity index (χ0) is 27.1. The van der Waals surface area contributed by atoms with Crippen LogP contribution in [0.25, 0.3) is 22.3 Å². The third-order valence-electron chi connectivity index (χ3n) is 7.46. The lowest BCUT2D eigenvalue weighted by Gasteiger charge is -2.29. The smallest absolute Gasteiger partial charge is 0.166 e. The normalized spacial score (nSPS) is 17.8. The molecule has 0 amide bonds. The predicted octanol–water partition coefficient (Wildman–Crippen LogP) is 9.93. The summed E-state index contributed by atoms with van der Waals surface area (Å²) < 4.78 is 65.7. The quantitative estimate of drug-likeness (QED) is 0.146. The van der Waals surface area contributed by atoms with Crippen LogP contribution in [-0.4, -0.2) is 12.7 Å². The molecule has 38 heavy (non-hydrogen) atoms. The Morgan fingerprint density at radius 3 is 2.00 bits per heavy atom. The molecule has 1 heterocycles. The summed E-state index contributed by atoms with van der Waals surface area (Å²) in [6.45, 7) is 4.54. The molecular weight excluding hydrogens is 488 g/mol. The Labute approximate surface area is 223 Å². The van der Waals surface area contributed by atoms with Gasteiger partial charge in [0.2, 0.25) is 0 Å². The summed E-state index contributed by atoms with van der Waals surface area (Å²) in [6, 6.07) is 12.8. The molecule has 0 bridgehead atoms. The second-order valence-corrected chi connectivity index (χ2v) is 10.1. The molecule has 0 radical (unpaired) electrons.